The summed E-state index contributed by atoms with van der Waals surface area (Å²) in [5.41, 5.74) is 0.401. The molecule has 11 nitrogen and oxygen atoms in total. The highest BCUT2D eigenvalue weighted by atomic mass is 16.6. The molecule has 0 aliphatic heterocycles. The molecule has 2 aromatic carbocycles. The number of nitrogens with one attached hydrogen (secondary N) is 2. The van der Waals surface area contributed by atoms with Crippen LogP contribution in [0.2, 0.25) is 0 Å². The van der Waals surface area contributed by atoms with Gasteiger partial charge in [0.15, 0.2) is 0 Å². The summed E-state index contributed by atoms with van der Waals surface area (Å²) in [6.45, 7) is 4.69. The van der Waals surface area contributed by atoms with Gasteiger partial charge in [0.05, 0.1) is 5.52 Å². The number of carbonyl (C=O) groups is 4. The van der Waals surface area contributed by atoms with Crippen molar-refractivity contribution in [3.63, 3.8) is 0 Å². The number of H-pyrrole nitrogens is 1. The second-order valence-corrected chi connectivity index (χ2v) is 10.5. The van der Waals surface area contributed by atoms with E-state index in [2.05, 4.69) is 10.3 Å². The Labute approximate surface area is 230 Å². The summed E-state index contributed by atoms with van der Waals surface area (Å²) in [4.78, 5) is 69.0. The van der Waals surface area contributed by atoms with Crippen LogP contribution in [-0.2, 0) is 9.53 Å². The molecule has 0 aliphatic carbocycles. The zero-order valence-electron chi connectivity index (χ0n) is 23.0. The van der Waals surface area contributed by atoms with Gasteiger partial charge in [0.2, 0.25) is 11.3 Å². The number of hydrogen-bond acceptors (Lipinski definition) is 6. The molecule has 4 aromatic rings. The minimum Gasteiger partial charge on any atom is -0.444 e. The maximum atomic E-state index is 13.1. The summed E-state index contributed by atoms with van der Waals surface area (Å²) in [5, 5.41) is 3.87. The summed E-state index contributed by atoms with van der Waals surface area (Å²) in [5.74, 6) is -1.41. The first-order valence-electron chi connectivity index (χ1n) is 12.6. The SMILES string of the molecule is CN(CC(=O)n1ccc2ccc(NC(=O)c3c[nH]c4ccccc4c3=O)cc21)C(=O)CN(C)C(=O)OC(C)(C)C. The average Bonchev–Trinajstić information content (AvgIpc) is 3.31. The molecule has 0 spiro atoms. The maximum Gasteiger partial charge on any atom is 0.410 e. The molecule has 2 aromatic heterocycles. The number of hydrogen-bond donors (Lipinski definition) is 2. The van der Waals surface area contributed by atoms with Crippen molar-refractivity contribution >= 4 is 51.3 Å². The van der Waals surface area contributed by atoms with Crippen molar-refractivity contribution in [2.75, 3.05) is 32.5 Å². The van der Waals surface area contributed by atoms with Crippen LogP contribution in [-0.4, -0.2) is 76.0 Å². The first-order valence-corrected chi connectivity index (χ1v) is 12.6. The lowest BCUT2D eigenvalue weighted by Gasteiger charge is -2.25. The number of para-hydroxylation sites is 1. The summed E-state index contributed by atoms with van der Waals surface area (Å²) in [6, 6.07) is 13.7. The third kappa shape index (κ3) is 6.20. The lowest BCUT2D eigenvalue weighted by atomic mass is 10.1. The van der Waals surface area contributed by atoms with Gasteiger partial charge in [-0.15, -0.1) is 0 Å². The molecule has 208 valence electrons. The minimum atomic E-state index is -0.699. The fourth-order valence-electron chi connectivity index (χ4n) is 4.05. The molecule has 0 aliphatic rings. The third-order valence-electron chi connectivity index (χ3n) is 6.13. The van der Waals surface area contributed by atoms with Gasteiger partial charge in [0.25, 0.3) is 11.8 Å². The van der Waals surface area contributed by atoms with Gasteiger partial charge in [-0.3, -0.25) is 23.7 Å². The van der Waals surface area contributed by atoms with Crippen molar-refractivity contribution in [3.05, 3.63) is 76.7 Å². The smallest absolute Gasteiger partial charge is 0.410 e. The Hall–Kier alpha value is -4.93. The molecule has 0 saturated carbocycles. The molecule has 2 heterocycles. The number of aromatic nitrogens is 2. The van der Waals surface area contributed by atoms with E-state index in [-0.39, 0.29) is 24.6 Å². The van der Waals surface area contributed by atoms with Crippen LogP contribution in [0.5, 0.6) is 0 Å². The van der Waals surface area contributed by atoms with Crippen LogP contribution in [0.15, 0.2) is 65.7 Å². The number of nitrogens with zero attached hydrogens (tertiary/aromatic N) is 3. The number of rotatable bonds is 6. The zero-order valence-corrected chi connectivity index (χ0v) is 23.0. The fourth-order valence-corrected chi connectivity index (χ4v) is 4.05. The van der Waals surface area contributed by atoms with E-state index in [1.807, 2.05) is 0 Å². The molecule has 0 saturated heterocycles. The second kappa shape index (κ2) is 11.0. The number of carbonyl (C=O) groups excluding carboxylic acids is 4. The Balaban J connectivity index is 1.46. The molecular formula is C29H31N5O6. The summed E-state index contributed by atoms with van der Waals surface area (Å²) in [6.07, 6.45) is 2.31. The molecule has 0 fully saturated rings. The molecule has 2 N–H and O–H groups in total. The standard InChI is InChI=1S/C29H31N5O6/c1-29(2,3)40-28(39)33(5)16-24(35)32(4)17-25(36)34-13-12-18-10-11-19(14-23(18)34)31-27(38)21-15-30-22-9-7-6-8-20(22)26(21)37/h6-15H,16-17H2,1-5H3,(H,30,37)(H,31,38). The number of anilines is 1. The molecule has 0 bridgehead atoms. The monoisotopic (exact) mass is 545 g/mol. The van der Waals surface area contributed by atoms with Gasteiger partial charge >= 0.3 is 6.09 Å². The molecule has 4 rings (SSSR count). The van der Waals surface area contributed by atoms with Crippen molar-refractivity contribution < 1.29 is 23.9 Å². The molecule has 3 amide bonds. The number of benzene rings is 2. The Morgan fingerprint density at radius 2 is 1.70 bits per heavy atom. The second-order valence-electron chi connectivity index (χ2n) is 10.5. The van der Waals surface area contributed by atoms with Crippen LogP contribution >= 0.6 is 0 Å². The Bertz CT molecular complexity index is 1680. The number of aromatic amines is 1. The normalized spacial score (nSPS) is 11.3. The Kier molecular flexibility index (Phi) is 7.76. The van der Waals surface area contributed by atoms with Gasteiger partial charge in [-0.1, -0.05) is 18.2 Å². The number of fused-ring (bicyclic) bond motifs is 2. The number of amides is 3. The zero-order chi connectivity index (χ0) is 29.2. The van der Waals surface area contributed by atoms with Gasteiger partial charge in [0.1, 0.15) is 24.3 Å². The summed E-state index contributed by atoms with van der Waals surface area (Å²) >= 11 is 0. The Morgan fingerprint density at radius 3 is 2.42 bits per heavy atom. The highest BCUT2D eigenvalue weighted by Gasteiger charge is 2.23. The fraction of sp³-hybridized carbons (Fsp3) is 0.276. The Morgan fingerprint density at radius 1 is 0.975 bits per heavy atom. The van der Waals surface area contributed by atoms with Crippen LogP contribution in [0.3, 0.4) is 0 Å². The lowest BCUT2D eigenvalue weighted by molar-refractivity contribution is -0.130. The summed E-state index contributed by atoms with van der Waals surface area (Å²) in [7, 11) is 2.92. The third-order valence-corrected chi connectivity index (χ3v) is 6.13. The molecule has 0 radical (unpaired) electrons. The van der Waals surface area contributed by atoms with E-state index >= 15 is 0 Å². The lowest BCUT2D eigenvalue weighted by Crippen LogP contribution is -2.43. The quantitative estimate of drug-likeness (QED) is 0.380. The largest absolute Gasteiger partial charge is 0.444 e. The van der Waals surface area contributed by atoms with E-state index in [1.165, 1.54) is 29.8 Å². The highest BCUT2D eigenvalue weighted by Crippen LogP contribution is 2.21. The van der Waals surface area contributed by atoms with Gasteiger partial charge < -0.3 is 24.8 Å². The van der Waals surface area contributed by atoms with Crippen LogP contribution in [0, 0.1) is 0 Å². The summed E-state index contributed by atoms with van der Waals surface area (Å²) < 4.78 is 6.64. The molecule has 0 unspecified atom stereocenters. The highest BCUT2D eigenvalue weighted by molar-refractivity contribution is 6.07. The average molecular weight is 546 g/mol. The number of ether oxygens (including phenoxy) is 1. The topological polar surface area (TPSA) is 134 Å². The molecule has 11 heteroatoms. The number of pyridine rings is 1. The van der Waals surface area contributed by atoms with Gasteiger partial charge in [0, 0.05) is 48.5 Å². The van der Waals surface area contributed by atoms with Crippen molar-refractivity contribution in [2.24, 2.45) is 0 Å². The molecule has 40 heavy (non-hydrogen) atoms. The van der Waals surface area contributed by atoms with Crippen molar-refractivity contribution in [1.29, 1.82) is 0 Å². The van der Waals surface area contributed by atoms with Crippen LogP contribution < -0.4 is 10.7 Å². The van der Waals surface area contributed by atoms with Crippen LogP contribution in [0.25, 0.3) is 21.8 Å². The van der Waals surface area contributed by atoms with E-state index < -0.39 is 28.9 Å². The molecule has 0 atom stereocenters. The predicted molar refractivity (Wildman–Crippen MR) is 152 cm³/mol. The van der Waals surface area contributed by atoms with E-state index in [4.69, 9.17) is 4.74 Å². The first kappa shape index (κ1) is 28.1. The first-order chi connectivity index (χ1) is 18.8. The van der Waals surface area contributed by atoms with E-state index in [0.29, 0.717) is 22.1 Å². The van der Waals surface area contributed by atoms with Gasteiger partial charge in [-0.05, 0) is 51.1 Å². The van der Waals surface area contributed by atoms with Crippen LogP contribution in [0.4, 0.5) is 10.5 Å². The van der Waals surface area contributed by atoms with Gasteiger partial charge in [-0.2, -0.15) is 0 Å². The number of likely N-dealkylation sites (N-methyl/N-ethyl adjacent to an activating group) is 2. The van der Waals surface area contributed by atoms with Crippen molar-refractivity contribution in [1.82, 2.24) is 19.4 Å². The van der Waals surface area contributed by atoms with Crippen LogP contribution in [0.1, 0.15) is 35.9 Å². The van der Waals surface area contributed by atoms with Crippen molar-refractivity contribution in [3.8, 4) is 0 Å². The van der Waals surface area contributed by atoms with E-state index in [1.54, 1.807) is 75.5 Å². The minimum absolute atomic E-state index is 0.0401. The van der Waals surface area contributed by atoms with Crippen molar-refractivity contribution in [2.45, 2.75) is 26.4 Å². The van der Waals surface area contributed by atoms with E-state index in [9.17, 15) is 24.0 Å². The maximum absolute atomic E-state index is 13.1. The van der Waals surface area contributed by atoms with Gasteiger partial charge in [-0.25, -0.2) is 4.79 Å². The predicted octanol–water partition coefficient (Wildman–Crippen LogP) is 3.70. The molecular weight excluding hydrogens is 514 g/mol. The van der Waals surface area contributed by atoms with E-state index in [0.717, 1.165) is 10.3 Å².